The van der Waals surface area contributed by atoms with Gasteiger partial charge < -0.3 is 15.6 Å². The van der Waals surface area contributed by atoms with Crippen molar-refractivity contribution in [2.45, 2.75) is 19.9 Å². The molecule has 0 bridgehead atoms. The summed E-state index contributed by atoms with van der Waals surface area (Å²) in [5.74, 6) is 0.0110. The second-order valence-corrected chi connectivity index (χ2v) is 4.52. The number of benzene rings is 1. The van der Waals surface area contributed by atoms with E-state index in [1.807, 2.05) is 32.0 Å². The van der Waals surface area contributed by atoms with Crippen LogP contribution < -0.4 is 5.73 Å². The average molecular weight is 231 g/mol. The third-order valence-electron chi connectivity index (χ3n) is 3.03. The molecule has 0 aliphatic rings. The maximum atomic E-state index is 12.2. The molecule has 0 fully saturated rings. The van der Waals surface area contributed by atoms with Crippen LogP contribution in [0.3, 0.4) is 0 Å². The lowest BCUT2D eigenvalue weighted by atomic mass is 10.1. The number of nitrogens with zero attached hydrogens (tertiary/aromatic N) is 1. The van der Waals surface area contributed by atoms with Crippen molar-refractivity contribution >= 4 is 22.5 Å². The fourth-order valence-corrected chi connectivity index (χ4v) is 1.74. The fourth-order valence-electron chi connectivity index (χ4n) is 1.74. The van der Waals surface area contributed by atoms with Crippen LogP contribution in [0.4, 0.5) is 5.69 Å². The molecule has 17 heavy (non-hydrogen) atoms. The van der Waals surface area contributed by atoms with Crippen LogP contribution in [-0.2, 0) is 0 Å². The van der Waals surface area contributed by atoms with Gasteiger partial charge in [0.1, 0.15) is 0 Å². The number of carbonyl (C=O) groups is 1. The number of hydrogen-bond donors (Lipinski definition) is 2. The summed E-state index contributed by atoms with van der Waals surface area (Å²) in [7, 11) is 1.80. The van der Waals surface area contributed by atoms with Crippen molar-refractivity contribution in [3.63, 3.8) is 0 Å². The Labute approximate surface area is 100 Å². The molecule has 1 aromatic carbocycles. The van der Waals surface area contributed by atoms with E-state index in [2.05, 4.69) is 4.98 Å². The zero-order chi connectivity index (χ0) is 12.6. The van der Waals surface area contributed by atoms with E-state index in [-0.39, 0.29) is 11.9 Å². The van der Waals surface area contributed by atoms with Gasteiger partial charge in [0.25, 0.3) is 5.91 Å². The highest BCUT2D eigenvalue weighted by Gasteiger charge is 2.18. The molecule has 3 N–H and O–H groups in total. The van der Waals surface area contributed by atoms with Crippen molar-refractivity contribution in [3.05, 3.63) is 30.0 Å². The van der Waals surface area contributed by atoms with E-state index in [4.69, 9.17) is 5.73 Å². The van der Waals surface area contributed by atoms with Gasteiger partial charge in [-0.3, -0.25) is 4.79 Å². The van der Waals surface area contributed by atoms with Crippen LogP contribution in [0.1, 0.15) is 24.2 Å². The van der Waals surface area contributed by atoms with E-state index in [0.29, 0.717) is 11.3 Å². The SMILES string of the molecule is CC(C)N(C)C(=O)c1c[nH]c2ccc(N)cc12. The van der Waals surface area contributed by atoms with Gasteiger partial charge in [0.15, 0.2) is 0 Å². The van der Waals surface area contributed by atoms with Gasteiger partial charge in [-0.05, 0) is 32.0 Å². The number of aromatic nitrogens is 1. The predicted octanol–water partition coefficient (Wildman–Crippen LogP) is 2.23. The topological polar surface area (TPSA) is 62.1 Å². The molecule has 0 atom stereocenters. The van der Waals surface area contributed by atoms with Crippen molar-refractivity contribution < 1.29 is 4.79 Å². The molecule has 0 saturated carbocycles. The minimum absolute atomic E-state index is 0.0110. The molecule has 0 spiro atoms. The summed E-state index contributed by atoms with van der Waals surface area (Å²) in [5, 5.41) is 0.877. The van der Waals surface area contributed by atoms with Gasteiger partial charge in [0.2, 0.25) is 0 Å². The standard InChI is InChI=1S/C13H17N3O/c1-8(2)16(3)13(17)11-7-15-12-5-4-9(14)6-10(11)12/h4-8,15H,14H2,1-3H3. The van der Waals surface area contributed by atoms with E-state index >= 15 is 0 Å². The van der Waals surface area contributed by atoms with Gasteiger partial charge in [-0.2, -0.15) is 0 Å². The molecule has 0 radical (unpaired) electrons. The maximum Gasteiger partial charge on any atom is 0.255 e. The molecule has 0 saturated heterocycles. The lowest BCUT2D eigenvalue weighted by Gasteiger charge is -2.21. The molecular weight excluding hydrogens is 214 g/mol. The monoisotopic (exact) mass is 231 g/mol. The van der Waals surface area contributed by atoms with E-state index < -0.39 is 0 Å². The van der Waals surface area contributed by atoms with E-state index in [1.54, 1.807) is 18.1 Å². The molecule has 1 aromatic heterocycles. The van der Waals surface area contributed by atoms with Crippen molar-refractivity contribution in [2.75, 3.05) is 12.8 Å². The molecule has 0 aliphatic heterocycles. The molecule has 0 aliphatic carbocycles. The molecule has 2 rings (SSSR count). The number of aromatic amines is 1. The van der Waals surface area contributed by atoms with Crippen molar-refractivity contribution in [1.82, 2.24) is 9.88 Å². The zero-order valence-electron chi connectivity index (χ0n) is 10.3. The highest BCUT2D eigenvalue weighted by Crippen LogP contribution is 2.22. The minimum Gasteiger partial charge on any atom is -0.399 e. The summed E-state index contributed by atoms with van der Waals surface area (Å²) in [4.78, 5) is 17.0. The third-order valence-corrected chi connectivity index (χ3v) is 3.03. The van der Waals surface area contributed by atoms with Crippen LogP contribution in [0.15, 0.2) is 24.4 Å². The van der Waals surface area contributed by atoms with Crippen molar-refractivity contribution in [2.24, 2.45) is 0 Å². The van der Waals surface area contributed by atoms with Gasteiger partial charge in [-0.1, -0.05) is 0 Å². The normalized spacial score (nSPS) is 11.1. The van der Waals surface area contributed by atoms with Gasteiger partial charge >= 0.3 is 0 Å². The Morgan fingerprint density at radius 2 is 2.12 bits per heavy atom. The summed E-state index contributed by atoms with van der Waals surface area (Å²) < 4.78 is 0. The first-order valence-corrected chi connectivity index (χ1v) is 5.64. The first-order valence-electron chi connectivity index (χ1n) is 5.64. The van der Waals surface area contributed by atoms with Crippen molar-refractivity contribution in [3.8, 4) is 0 Å². The second kappa shape index (κ2) is 4.13. The Kier molecular flexibility index (Phi) is 2.79. The highest BCUT2D eigenvalue weighted by molar-refractivity contribution is 6.07. The smallest absolute Gasteiger partial charge is 0.255 e. The molecular formula is C13H17N3O. The number of fused-ring (bicyclic) bond motifs is 1. The summed E-state index contributed by atoms with van der Waals surface area (Å²) in [6, 6.07) is 5.71. The van der Waals surface area contributed by atoms with Crippen LogP contribution >= 0.6 is 0 Å². The molecule has 1 heterocycles. The van der Waals surface area contributed by atoms with Crippen molar-refractivity contribution in [1.29, 1.82) is 0 Å². The number of amides is 1. The Hall–Kier alpha value is -1.97. The van der Waals surface area contributed by atoms with Crippen LogP contribution in [0.5, 0.6) is 0 Å². The minimum atomic E-state index is 0.0110. The van der Waals surface area contributed by atoms with Crippen LogP contribution in [0.25, 0.3) is 10.9 Å². The molecule has 90 valence electrons. The average Bonchev–Trinajstić information content (AvgIpc) is 2.69. The third kappa shape index (κ3) is 1.98. The van der Waals surface area contributed by atoms with E-state index in [9.17, 15) is 4.79 Å². The summed E-state index contributed by atoms with van der Waals surface area (Å²) in [5.41, 5.74) is 8.01. The van der Waals surface area contributed by atoms with Crippen LogP contribution in [-0.4, -0.2) is 28.9 Å². The van der Waals surface area contributed by atoms with E-state index in [1.165, 1.54) is 0 Å². The Bertz CT molecular complexity index is 557. The number of carbonyl (C=O) groups excluding carboxylic acids is 1. The number of rotatable bonds is 2. The summed E-state index contributed by atoms with van der Waals surface area (Å²) in [6.45, 7) is 3.97. The quantitative estimate of drug-likeness (QED) is 0.778. The number of nitrogens with two attached hydrogens (primary N) is 1. The number of nitrogen functional groups attached to an aromatic ring is 1. The number of H-pyrrole nitrogens is 1. The first kappa shape index (κ1) is 11.5. The van der Waals surface area contributed by atoms with Gasteiger partial charge in [0.05, 0.1) is 5.56 Å². The van der Waals surface area contributed by atoms with Gasteiger partial charge in [-0.15, -0.1) is 0 Å². The fraction of sp³-hybridized carbons (Fsp3) is 0.308. The number of nitrogens with one attached hydrogen (secondary N) is 1. The molecule has 4 nitrogen and oxygen atoms in total. The Morgan fingerprint density at radius 3 is 2.76 bits per heavy atom. The Morgan fingerprint density at radius 1 is 1.41 bits per heavy atom. The largest absolute Gasteiger partial charge is 0.399 e. The highest BCUT2D eigenvalue weighted by atomic mass is 16.2. The molecule has 0 unspecified atom stereocenters. The van der Waals surface area contributed by atoms with Crippen LogP contribution in [0, 0.1) is 0 Å². The molecule has 1 amide bonds. The van der Waals surface area contributed by atoms with Crippen LogP contribution in [0.2, 0.25) is 0 Å². The maximum absolute atomic E-state index is 12.2. The lowest BCUT2D eigenvalue weighted by molar-refractivity contribution is 0.0757. The summed E-state index contributed by atoms with van der Waals surface area (Å²) >= 11 is 0. The lowest BCUT2D eigenvalue weighted by Crippen LogP contribution is -2.32. The zero-order valence-corrected chi connectivity index (χ0v) is 10.3. The molecule has 2 aromatic rings. The second-order valence-electron chi connectivity index (χ2n) is 4.52. The number of hydrogen-bond acceptors (Lipinski definition) is 2. The van der Waals surface area contributed by atoms with Gasteiger partial charge in [0, 0.05) is 35.9 Å². The predicted molar refractivity (Wildman–Crippen MR) is 69.9 cm³/mol. The summed E-state index contributed by atoms with van der Waals surface area (Å²) in [6.07, 6.45) is 1.74. The molecule has 4 heteroatoms. The first-order chi connectivity index (χ1) is 8.00. The number of anilines is 1. The van der Waals surface area contributed by atoms with Gasteiger partial charge in [-0.25, -0.2) is 0 Å². The Balaban J connectivity index is 2.49. The van der Waals surface area contributed by atoms with E-state index in [0.717, 1.165) is 10.9 Å².